The van der Waals surface area contributed by atoms with Gasteiger partial charge in [0.25, 0.3) is 0 Å². The van der Waals surface area contributed by atoms with Crippen LogP contribution in [0.3, 0.4) is 0 Å². The van der Waals surface area contributed by atoms with Crippen molar-refractivity contribution in [2.75, 3.05) is 0 Å². The molecule has 22 heavy (non-hydrogen) atoms. The molecule has 1 atom stereocenters. The smallest absolute Gasteiger partial charge is 0.356 e. The SMILES string of the molecule is CC(C)c1ccc(/C=C2/NC(c3ccccc3)OC2=O)cc1. The Morgan fingerprint density at radius 3 is 2.36 bits per heavy atom. The number of hydrogen-bond acceptors (Lipinski definition) is 3. The summed E-state index contributed by atoms with van der Waals surface area (Å²) in [5.41, 5.74) is 3.70. The third-order valence-corrected chi connectivity index (χ3v) is 3.75. The topological polar surface area (TPSA) is 38.3 Å². The Hall–Kier alpha value is -2.55. The van der Waals surface area contributed by atoms with Crippen molar-refractivity contribution < 1.29 is 9.53 Å². The molecule has 0 bridgehead atoms. The zero-order valence-corrected chi connectivity index (χ0v) is 12.7. The fourth-order valence-electron chi connectivity index (χ4n) is 2.42. The molecule has 0 aliphatic carbocycles. The summed E-state index contributed by atoms with van der Waals surface area (Å²) in [5, 5.41) is 3.13. The minimum absolute atomic E-state index is 0.318. The fourth-order valence-corrected chi connectivity index (χ4v) is 2.42. The predicted octanol–water partition coefficient (Wildman–Crippen LogP) is 4.00. The lowest BCUT2D eigenvalue weighted by molar-refractivity contribution is -0.139. The Kier molecular flexibility index (Phi) is 3.96. The van der Waals surface area contributed by atoms with E-state index in [0.29, 0.717) is 11.6 Å². The van der Waals surface area contributed by atoms with Crippen LogP contribution in [0.25, 0.3) is 6.08 Å². The van der Waals surface area contributed by atoms with Crippen LogP contribution in [0.1, 0.15) is 42.7 Å². The predicted molar refractivity (Wildman–Crippen MR) is 86.9 cm³/mol. The van der Waals surface area contributed by atoms with Crippen LogP contribution in [-0.4, -0.2) is 5.97 Å². The number of esters is 1. The molecule has 1 unspecified atom stereocenters. The van der Waals surface area contributed by atoms with E-state index in [-0.39, 0.29) is 5.97 Å². The van der Waals surface area contributed by atoms with Crippen molar-refractivity contribution in [3.8, 4) is 0 Å². The molecule has 2 aromatic rings. The summed E-state index contributed by atoms with van der Waals surface area (Å²) >= 11 is 0. The van der Waals surface area contributed by atoms with Crippen molar-refractivity contribution in [2.24, 2.45) is 0 Å². The molecule has 2 aromatic carbocycles. The largest absolute Gasteiger partial charge is 0.433 e. The van der Waals surface area contributed by atoms with Crippen LogP contribution in [-0.2, 0) is 9.53 Å². The number of carbonyl (C=O) groups excluding carboxylic acids is 1. The van der Waals surface area contributed by atoms with Crippen LogP contribution in [0.2, 0.25) is 0 Å². The average Bonchev–Trinajstić information content (AvgIpc) is 2.90. The van der Waals surface area contributed by atoms with Gasteiger partial charge in [0, 0.05) is 5.56 Å². The molecular formula is C19H19NO2. The van der Waals surface area contributed by atoms with E-state index in [1.54, 1.807) is 0 Å². The summed E-state index contributed by atoms with van der Waals surface area (Å²) in [4.78, 5) is 12.0. The molecule has 1 heterocycles. The van der Waals surface area contributed by atoms with Crippen LogP contribution >= 0.6 is 0 Å². The highest BCUT2D eigenvalue weighted by atomic mass is 16.6. The van der Waals surface area contributed by atoms with Gasteiger partial charge in [0.2, 0.25) is 0 Å². The lowest BCUT2D eigenvalue weighted by atomic mass is 10.0. The number of hydrogen-bond donors (Lipinski definition) is 1. The standard InChI is InChI=1S/C19H19NO2/c1-13(2)15-10-8-14(9-11-15)12-17-19(21)22-18(20-17)16-6-4-3-5-7-16/h3-13,18,20H,1-2H3/b17-12+. The number of carbonyl (C=O) groups is 1. The quantitative estimate of drug-likeness (QED) is 0.686. The van der Waals surface area contributed by atoms with Gasteiger partial charge < -0.3 is 10.1 Å². The maximum atomic E-state index is 12.0. The van der Waals surface area contributed by atoms with Gasteiger partial charge >= 0.3 is 5.97 Å². The third-order valence-electron chi connectivity index (χ3n) is 3.75. The first-order valence-electron chi connectivity index (χ1n) is 7.47. The molecule has 3 rings (SSSR count). The lowest BCUT2D eigenvalue weighted by Gasteiger charge is -2.09. The van der Waals surface area contributed by atoms with E-state index in [1.165, 1.54) is 5.56 Å². The number of cyclic esters (lactones) is 1. The van der Waals surface area contributed by atoms with Crippen LogP contribution in [0.5, 0.6) is 0 Å². The van der Waals surface area contributed by atoms with Crippen molar-refractivity contribution in [1.82, 2.24) is 5.32 Å². The van der Waals surface area contributed by atoms with Crippen LogP contribution in [0.4, 0.5) is 0 Å². The number of nitrogens with one attached hydrogen (secondary N) is 1. The van der Waals surface area contributed by atoms with Crippen molar-refractivity contribution in [2.45, 2.75) is 26.0 Å². The molecule has 3 nitrogen and oxygen atoms in total. The van der Waals surface area contributed by atoms with Gasteiger partial charge in [0.05, 0.1) is 0 Å². The summed E-state index contributed by atoms with van der Waals surface area (Å²) < 4.78 is 5.38. The highest BCUT2D eigenvalue weighted by Gasteiger charge is 2.28. The molecule has 1 aliphatic heterocycles. The van der Waals surface area contributed by atoms with E-state index in [0.717, 1.165) is 11.1 Å². The molecule has 1 fully saturated rings. The minimum Gasteiger partial charge on any atom is -0.433 e. The van der Waals surface area contributed by atoms with E-state index in [2.05, 4.69) is 31.3 Å². The normalized spacial score (nSPS) is 19.3. The van der Waals surface area contributed by atoms with Crippen molar-refractivity contribution in [1.29, 1.82) is 0 Å². The first-order chi connectivity index (χ1) is 10.6. The summed E-state index contributed by atoms with van der Waals surface area (Å²) in [6, 6.07) is 17.9. The Labute approximate surface area is 130 Å². The second-order valence-electron chi connectivity index (χ2n) is 5.72. The number of ether oxygens (including phenoxy) is 1. The van der Waals surface area contributed by atoms with E-state index in [9.17, 15) is 4.79 Å². The Morgan fingerprint density at radius 2 is 1.73 bits per heavy atom. The fraction of sp³-hybridized carbons (Fsp3) is 0.211. The maximum Gasteiger partial charge on any atom is 0.356 e. The van der Waals surface area contributed by atoms with Gasteiger partial charge in [-0.2, -0.15) is 0 Å². The molecule has 112 valence electrons. The molecule has 3 heteroatoms. The molecule has 1 N–H and O–H groups in total. The Bertz CT molecular complexity index is 687. The molecule has 0 radical (unpaired) electrons. The minimum atomic E-state index is -0.408. The Morgan fingerprint density at radius 1 is 1.05 bits per heavy atom. The van der Waals surface area contributed by atoms with Gasteiger partial charge in [0.15, 0.2) is 6.23 Å². The third kappa shape index (κ3) is 3.03. The molecule has 0 aromatic heterocycles. The summed E-state index contributed by atoms with van der Waals surface area (Å²) in [6.07, 6.45) is 1.42. The van der Waals surface area contributed by atoms with E-state index in [1.807, 2.05) is 48.5 Å². The zero-order valence-electron chi connectivity index (χ0n) is 12.7. The summed E-state index contributed by atoms with van der Waals surface area (Å²) in [7, 11) is 0. The molecule has 0 spiro atoms. The first kappa shape index (κ1) is 14.4. The van der Waals surface area contributed by atoms with Gasteiger partial charge in [-0.1, -0.05) is 68.4 Å². The first-order valence-corrected chi connectivity index (χ1v) is 7.47. The lowest BCUT2D eigenvalue weighted by Crippen LogP contribution is -2.12. The van der Waals surface area contributed by atoms with E-state index >= 15 is 0 Å². The maximum absolute atomic E-state index is 12.0. The van der Waals surface area contributed by atoms with Crippen molar-refractivity contribution >= 4 is 12.0 Å². The van der Waals surface area contributed by atoms with Gasteiger partial charge in [-0.3, -0.25) is 0 Å². The van der Waals surface area contributed by atoms with Gasteiger partial charge in [-0.25, -0.2) is 4.79 Å². The van der Waals surface area contributed by atoms with Crippen LogP contribution in [0.15, 0.2) is 60.3 Å². The van der Waals surface area contributed by atoms with Crippen molar-refractivity contribution in [3.05, 3.63) is 77.0 Å². The highest BCUT2D eigenvalue weighted by molar-refractivity contribution is 5.94. The second-order valence-corrected chi connectivity index (χ2v) is 5.72. The van der Waals surface area contributed by atoms with E-state index in [4.69, 9.17) is 4.74 Å². The summed E-state index contributed by atoms with van der Waals surface area (Å²) in [5.74, 6) is 0.181. The van der Waals surface area contributed by atoms with Gasteiger partial charge in [-0.05, 0) is 23.1 Å². The van der Waals surface area contributed by atoms with Crippen molar-refractivity contribution in [3.63, 3.8) is 0 Å². The van der Waals surface area contributed by atoms with Crippen LogP contribution in [0, 0.1) is 0 Å². The molecule has 1 saturated heterocycles. The Balaban J connectivity index is 1.78. The van der Waals surface area contributed by atoms with Crippen LogP contribution < -0.4 is 5.32 Å². The summed E-state index contributed by atoms with van der Waals surface area (Å²) in [6.45, 7) is 4.32. The second kappa shape index (κ2) is 6.06. The monoisotopic (exact) mass is 293 g/mol. The number of benzene rings is 2. The molecular weight excluding hydrogens is 274 g/mol. The zero-order chi connectivity index (χ0) is 15.5. The van der Waals surface area contributed by atoms with E-state index < -0.39 is 6.23 Å². The van der Waals surface area contributed by atoms with Gasteiger partial charge in [0.1, 0.15) is 5.70 Å². The highest BCUT2D eigenvalue weighted by Crippen LogP contribution is 2.24. The number of rotatable bonds is 3. The van der Waals surface area contributed by atoms with Gasteiger partial charge in [-0.15, -0.1) is 0 Å². The average molecular weight is 293 g/mol. The molecule has 0 amide bonds. The molecule has 1 aliphatic rings. The molecule has 0 saturated carbocycles.